The van der Waals surface area contributed by atoms with E-state index in [9.17, 15) is 0 Å². The van der Waals surface area contributed by atoms with Gasteiger partial charge in [0.15, 0.2) is 0 Å². The average molecular weight is 218 g/mol. The lowest BCUT2D eigenvalue weighted by atomic mass is 10.2. The molecular formula is C12H14N2O2. The van der Waals surface area contributed by atoms with Crippen LogP contribution in [0.25, 0.3) is 11.0 Å². The summed E-state index contributed by atoms with van der Waals surface area (Å²) in [5.74, 6) is 0. The second kappa shape index (κ2) is 3.88. The molecule has 0 amide bonds. The van der Waals surface area contributed by atoms with E-state index in [1.54, 1.807) is 6.20 Å². The van der Waals surface area contributed by atoms with Crippen molar-refractivity contribution in [3.63, 3.8) is 0 Å². The highest BCUT2D eigenvalue weighted by atomic mass is 16.5. The fourth-order valence-electron chi connectivity index (χ4n) is 2.24. The molecule has 1 fully saturated rings. The van der Waals surface area contributed by atoms with Crippen LogP contribution in [0.1, 0.15) is 19.1 Å². The lowest BCUT2D eigenvalue weighted by molar-refractivity contribution is -0.0204. The summed E-state index contributed by atoms with van der Waals surface area (Å²) in [6, 6.07) is 6.01. The molecule has 1 aliphatic heterocycles. The van der Waals surface area contributed by atoms with Crippen molar-refractivity contribution in [3.8, 4) is 0 Å². The van der Waals surface area contributed by atoms with Gasteiger partial charge in [0.25, 0.3) is 0 Å². The van der Waals surface area contributed by atoms with E-state index in [1.165, 1.54) is 0 Å². The summed E-state index contributed by atoms with van der Waals surface area (Å²) in [5, 5.41) is 10.2. The van der Waals surface area contributed by atoms with Crippen molar-refractivity contribution in [2.75, 3.05) is 6.61 Å². The second-order valence-electron chi connectivity index (χ2n) is 4.11. The quantitative estimate of drug-likeness (QED) is 0.834. The van der Waals surface area contributed by atoms with Crippen LogP contribution in [0.15, 0.2) is 30.6 Å². The third-order valence-electron chi connectivity index (χ3n) is 3.08. The first-order valence-electron chi connectivity index (χ1n) is 5.56. The van der Waals surface area contributed by atoms with Crippen molar-refractivity contribution >= 4 is 11.0 Å². The van der Waals surface area contributed by atoms with Crippen LogP contribution in [0.5, 0.6) is 0 Å². The number of fused-ring (bicyclic) bond motifs is 1. The third kappa shape index (κ3) is 1.50. The third-order valence-corrected chi connectivity index (χ3v) is 3.08. The van der Waals surface area contributed by atoms with Crippen LogP contribution in [0.4, 0.5) is 0 Å². The van der Waals surface area contributed by atoms with Gasteiger partial charge < -0.3 is 14.4 Å². The number of rotatable bonds is 2. The Kier molecular flexibility index (Phi) is 2.38. The molecule has 0 radical (unpaired) electrons. The Bertz CT molecular complexity index is 494. The van der Waals surface area contributed by atoms with E-state index in [-0.39, 0.29) is 18.9 Å². The van der Waals surface area contributed by atoms with E-state index in [0.29, 0.717) is 0 Å². The molecule has 3 heterocycles. The lowest BCUT2D eigenvalue weighted by Gasteiger charge is -2.14. The first-order chi connectivity index (χ1) is 7.88. The van der Waals surface area contributed by atoms with Gasteiger partial charge in [-0.2, -0.15) is 0 Å². The maximum absolute atomic E-state index is 9.04. The largest absolute Gasteiger partial charge is 0.394 e. The van der Waals surface area contributed by atoms with Crippen molar-refractivity contribution < 1.29 is 9.84 Å². The molecule has 2 aromatic rings. The monoisotopic (exact) mass is 218 g/mol. The van der Waals surface area contributed by atoms with Gasteiger partial charge in [0, 0.05) is 17.8 Å². The number of ether oxygens (including phenoxy) is 1. The molecule has 4 nitrogen and oxygen atoms in total. The fraction of sp³-hybridized carbons (Fsp3) is 0.417. The Morgan fingerprint density at radius 1 is 1.44 bits per heavy atom. The second-order valence-corrected chi connectivity index (χ2v) is 4.11. The molecule has 2 atom stereocenters. The molecule has 0 bridgehead atoms. The van der Waals surface area contributed by atoms with Gasteiger partial charge in [0.1, 0.15) is 11.9 Å². The van der Waals surface area contributed by atoms with Crippen molar-refractivity contribution in [1.82, 2.24) is 9.55 Å². The van der Waals surface area contributed by atoms with E-state index in [2.05, 4.69) is 4.98 Å². The zero-order valence-electron chi connectivity index (χ0n) is 8.91. The predicted molar refractivity (Wildman–Crippen MR) is 60.0 cm³/mol. The molecule has 16 heavy (non-hydrogen) atoms. The lowest BCUT2D eigenvalue weighted by Crippen LogP contribution is -2.14. The molecule has 4 heteroatoms. The normalized spacial score (nSPS) is 25.3. The van der Waals surface area contributed by atoms with Crippen LogP contribution in [0.2, 0.25) is 0 Å². The SMILES string of the molecule is OC[C@@H]1CC[C@H](n2ccc3cccnc32)O1. The molecule has 3 rings (SSSR count). The zero-order chi connectivity index (χ0) is 11.0. The molecule has 1 N–H and O–H groups in total. The van der Waals surface area contributed by atoms with E-state index in [1.807, 2.05) is 29.0 Å². The number of pyridine rings is 1. The first-order valence-corrected chi connectivity index (χ1v) is 5.56. The van der Waals surface area contributed by atoms with Gasteiger partial charge in [-0.15, -0.1) is 0 Å². The highest BCUT2D eigenvalue weighted by Gasteiger charge is 2.26. The van der Waals surface area contributed by atoms with Crippen LogP contribution in [-0.2, 0) is 4.74 Å². The van der Waals surface area contributed by atoms with Gasteiger partial charge >= 0.3 is 0 Å². The standard InChI is InChI=1S/C12H14N2O2/c15-8-10-3-4-11(16-10)14-7-5-9-2-1-6-13-12(9)14/h1-2,5-7,10-11,15H,3-4,8H2/t10-,11+/m0/s1. The minimum Gasteiger partial charge on any atom is -0.394 e. The van der Waals surface area contributed by atoms with E-state index >= 15 is 0 Å². The van der Waals surface area contributed by atoms with Crippen LogP contribution in [0, 0.1) is 0 Å². The minimum atomic E-state index is -0.0221. The molecule has 0 aromatic carbocycles. The predicted octanol–water partition coefficient (Wildman–Crippen LogP) is 1.71. The number of aliphatic hydroxyl groups is 1. The molecular weight excluding hydrogens is 204 g/mol. The van der Waals surface area contributed by atoms with Gasteiger partial charge in [0.2, 0.25) is 0 Å². The van der Waals surface area contributed by atoms with Gasteiger partial charge in [-0.05, 0) is 31.0 Å². The highest BCUT2D eigenvalue weighted by molar-refractivity contribution is 5.75. The number of aromatic nitrogens is 2. The number of aliphatic hydroxyl groups excluding tert-OH is 1. The maximum Gasteiger partial charge on any atom is 0.141 e. The summed E-state index contributed by atoms with van der Waals surface area (Å²) >= 11 is 0. The molecule has 0 spiro atoms. The molecule has 2 aromatic heterocycles. The van der Waals surface area contributed by atoms with Crippen LogP contribution < -0.4 is 0 Å². The number of nitrogens with zero attached hydrogens (tertiary/aromatic N) is 2. The summed E-state index contributed by atoms with van der Waals surface area (Å²) < 4.78 is 7.78. The molecule has 0 aliphatic carbocycles. The van der Waals surface area contributed by atoms with Crippen molar-refractivity contribution in [2.45, 2.75) is 25.2 Å². The molecule has 0 saturated carbocycles. The van der Waals surface area contributed by atoms with Gasteiger partial charge in [-0.3, -0.25) is 0 Å². The van der Waals surface area contributed by atoms with Crippen LogP contribution in [0.3, 0.4) is 0 Å². The van der Waals surface area contributed by atoms with Gasteiger partial charge in [0.05, 0.1) is 12.7 Å². The Labute approximate surface area is 93.5 Å². The molecule has 0 unspecified atom stereocenters. The first kappa shape index (κ1) is 9.81. The molecule has 84 valence electrons. The summed E-state index contributed by atoms with van der Waals surface area (Å²) in [6.45, 7) is 0.100. The summed E-state index contributed by atoms with van der Waals surface area (Å²) in [6.07, 6.45) is 5.63. The van der Waals surface area contributed by atoms with Crippen molar-refractivity contribution in [3.05, 3.63) is 30.6 Å². The number of hydrogen-bond acceptors (Lipinski definition) is 3. The Morgan fingerprint density at radius 2 is 2.38 bits per heavy atom. The van der Waals surface area contributed by atoms with Crippen LogP contribution in [-0.4, -0.2) is 27.4 Å². The topological polar surface area (TPSA) is 47.3 Å². The van der Waals surface area contributed by atoms with E-state index in [0.717, 1.165) is 23.9 Å². The van der Waals surface area contributed by atoms with E-state index < -0.39 is 0 Å². The van der Waals surface area contributed by atoms with Gasteiger partial charge in [-0.1, -0.05) is 0 Å². The summed E-state index contributed by atoms with van der Waals surface area (Å²) in [7, 11) is 0. The zero-order valence-corrected chi connectivity index (χ0v) is 8.91. The van der Waals surface area contributed by atoms with Gasteiger partial charge in [-0.25, -0.2) is 4.98 Å². The Morgan fingerprint density at radius 3 is 3.19 bits per heavy atom. The Balaban J connectivity index is 1.95. The Hall–Kier alpha value is -1.39. The summed E-state index contributed by atoms with van der Waals surface area (Å²) in [4.78, 5) is 4.36. The highest BCUT2D eigenvalue weighted by Crippen LogP contribution is 2.30. The maximum atomic E-state index is 9.04. The molecule has 1 aliphatic rings. The smallest absolute Gasteiger partial charge is 0.141 e. The van der Waals surface area contributed by atoms with Crippen molar-refractivity contribution in [1.29, 1.82) is 0 Å². The molecule has 1 saturated heterocycles. The fourth-order valence-corrected chi connectivity index (χ4v) is 2.24. The summed E-state index contributed by atoms with van der Waals surface area (Å²) in [5.41, 5.74) is 0.950. The number of hydrogen-bond donors (Lipinski definition) is 1. The average Bonchev–Trinajstić information content (AvgIpc) is 2.94. The minimum absolute atomic E-state index is 0.0181. The van der Waals surface area contributed by atoms with Crippen LogP contribution >= 0.6 is 0 Å². The van der Waals surface area contributed by atoms with Crippen molar-refractivity contribution in [2.24, 2.45) is 0 Å². The van der Waals surface area contributed by atoms with E-state index in [4.69, 9.17) is 9.84 Å².